The van der Waals surface area contributed by atoms with Crippen molar-refractivity contribution >= 4 is 29.4 Å². The molecule has 28 heavy (non-hydrogen) atoms. The van der Waals surface area contributed by atoms with E-state index in [1.165, 1.54) is 11.3 Å². The van der Waals surface area contributed by atoms with Crippen molar-refractivity contribution < 1.29 is 4.79 Å². The van der Waals surface area contributed by atoms with Gasteiger partial charge in [0.1, 0.15) is 0 Å². The Morgan fingerprint density at radius 2 is 2.07 bits per heavy atom. The third kappa shape index (κ3) is 4.07. The summed E-state index contributed by atoms with van der Waals surface area (Å²) in [6.45, 7) is 12.0. The summed E-state index contributed by atoms with van der Waals surface area (Å²) in [6, 6.07) is 11.7. The lowest BCUT2D eigenvalue weighted by molar-refractivity contribution is 0.0955. The van der Waals surface area contributed by atoms with Crippen LogP contribution in [0, 0.1) is 6.92 Å². The van der Waals surface area contributed by atoms with Gasteiger partial charge in [-0.2, -0.15) is 5.10 Å². The zero-order valence-corrected chi connectivity index (χ0v) is 18.0. The number of halogens is 1. The molecule has 0 aromatic heterocycles. The molecule has 0 fully saturated rings. The second-order valence-electron chi connectivity index (χ2n) is 8.16. The van der Waals surface area contributed by atoms with Crippen LogP contribution in [0.25, 0.3) is 0 Å². The van der Waals surface area contributed by atoms with Crippen molar-refractivity contribution in [2.75, 3.05) is 11.4 Å². The van der Waals surface area contributed by atoms with Crippen LogP contribution in [0.1, 0.15) is 67.1 Å². The normalized spacial score (nSPS) is 18.2. The van der Waals surface area contributed by atoms with Gasteiger partial charge in [0.25, 0.3) is 5.91 Å². The summed E-state index contributed by atoms with van der Waals surface area (Å²) < 4.78 is 0. The molecule has 1 N–H and O–H groups in total. The molecule has 0 spiro atoms. The zero-order valence-electron chi connectivity index (χ0n) is 17.2. The van der Waals surface area contributed by atoms with Crippen molar-refractivity contribution in [3.63, 3.8) is 0 Å². The minimum Gasteiger partial charge on any atom is -0.366 e. The summed E-state index contributed by atoms with van der Waals surface area (Å²) in [5, 5.41) is 4.55. The van der Waals surface area contributed by atoms with Crippen molar-refractivity contribution in [3.8, 4) is 0 Å². The molecule has 1 aliphatic heterocycles. The van der Waals surface area contributed by atoms with Crippen LogP contribution in [0.4, 0.5) is 5.69 Å². The molecule has 1 heterocycles. The van der Waals surface area contributed by atoms with E-state index in [1.807, 2.05) is 19.1 Å². The smallest absolute Gasteiger partial charge is 0.272 e. The maximum absolute atomic E-state index is 12.3. The summed E-state index contributed by atoms with van der Waals surface area (Å²) >= 11 is 6.15. The topological polar surface area (TPSA) is 44.7 Å². The molecule has 0 aliphatic carbocycles. The second kappa shape index (κ2) is 7.96. The maximum atomic E-state index is 12.3. The van der Waals surface area contributed by atoms with Gasteiger partial charge in [-0.25, -0.2) is 5.43 Å². The maximum Gasteiger partial charge on any atom is 0.272 e. The Morgan fingerprint density at radius 3 is 2.75 bits per heavy atom. The largest absolute Gasteiger partial charge is 0.366 e. The first-order chi connectivity index (χ1) is 13.2. The lowest BCUT2D eigenvalue weighted by Gasteiger charge is -2.47. The van der Waals surface area contributed by atoms with Gasteiger partial charge in [0, 0.05) is 17.8 Å². The van der Waals surface area contributed by atoms with E-state index in [1.54, 1.807) is 18.3 Å². The predicted molar refractivity (Wildman–Crippen MR) is 118 cm³/mol. The molecular formula is C23H28ClN3O. The molecule has 3 rings (SSSR count). The molecular weight excluding hydrogens is 370 g/mol. The summed E-state index contributed by atoms with van der Waals surface area (Å²) in [6.07, 6.45) is 2.79. The number of hydrogen-bond acceptors (Lipinski definition) is 3. The van der Waals surface area contributed by atoms with Gasteiger partial charge >= 0.3 is 0 Å². The van der Waals surface area contributed by atoms with Gasteiger partial charge in [-0.1, -0.05) is 30.7 Å². The number of nitrogens with zero attached hydrogens (tertiary/aromatic N) is 2. The van der Waals surface area contributed by atoms with Gasteiger partial charge in [-0.15, -0.1) is 0 Å². The third-order valence-electron chi connectivity index (χ3n) is 5.47. The van der Waals surface area contributed by atoms with Crippen molar-refractivity contribution in [1.29, 1.82) is 0 Å². The lowest BCUT2D eigenvalue weighted by Crippen LogP contribution is -2.48. The fourth-order valence-corrected chi connectivity index (χ4v) is 4.54. The molecule has 148 valence electrons. The molecule has 0 saturated carbocycles. The Bertz CT molecular complexity index is 920. The number of nitrogens with one attached hydrogen (secondary N) is 1. The molecule has 1 atom stereocenters. The summed E-state index contributed by atoms with van der Waals surface area (Å²) in [7, 11) is 0. The molecule has 2 aromatic carbocycles. The molecule has 1 amide bonds. The highest BCUT2D eigenvalue weighted by molar-refractivity contribution is 6.33. The number of hydrogen-bond donors (Lipinski definition) is 1. The van der Waals surface area contributed by atoms with Crippen LogP contribution in [0.2, 0.25) is 5.02 Å². The predicted octanol–water partition coefficient (Wildman–Crippen LogP) is 5.52. The second-order valence-corrected chi connectivity index (χ2v) is 8.57. The Morgan fingerprint density at radius 1 is 1.32 bits per heavy atom. The minimum absolute atomic E-state index is 0.151. The highest BCUT2D eigenvalue weighted by atomic mass is 35.5. The Balaban J connectivity index is 1.77. The number of benzene rings is 2. The fraction of sp³-hybridized carbons (Fsp3) is 0.391. The first kappa shape index (κ1) is 20.4. The van der Waals surface area contributed by atoms with E-state index in [9.17, 15) is 4.79 Å². The Hall–Kier alpha value is -2.33. The zero-order chi connectivity index (χ0) is 20.5. The molecule has 5 heteroatoms. The SMILES string of the molecule is CCN1c2ccc(/C=N/NC(=O)c3ccc(C)cc3Cl)cc2C(C)CC1(C)C. The van der Waals surface area contributed by atoms with Crippen molar-refractivity contribution in [2.24, 2.45) is 5.10 Å². The minimum atomic E-state index is -0.313. The van der Waals surface area contributed by atoms with E-state index in [0.29, 0.717) is 16.5 Å². The number of carbonyl (C=O) groups excluding carboxylic acids is 1. The monoisotopic (exact) mass is 397 g/mol. The quantitative estimate of drug-likeness (QED) is 0.545. The number of aryl methyl sites for hydroxylation is 1. The molecule has 0 bridgehead atoms. The van der Waals surface area contributed by atoms with Gasteiger partial charge < -0.3 is 4.90 Å². The van der Waals surface area contributed by atoms with Crippen LogP contribution < -0.4 is 10.3 Å². The van der Waals surface area contributed by atoms with E-state index < -0.39 is 0 Å². The van der Waals surface area contributed by atoms with Gasteiger partial charge in [-0.3, -0.25) is 4.79 Å². The van der Waals surface area contributed by atoms with E-state index in [2.05, 4.69) is 55.3 Å². The highest BCUT2D eigenvalue weighted by Crippen LogP contribution is 2.43. The first-order valence-electron chi connectivity index (χ1n) is 9.74. The van der Waals surface area contributed by atoms with Gasteiger partial charge in [-0.05, 0) is 81.0 Å². The highest BCUT2D eigenvalue weighted by Gasteiger charge is 2.35. The van der Waals surface area contributed by atoms with Crippen molar-refractivity contribution in [1.82, 2.24) is 5.43 Å². The molecule has 1 unspecified atom stereocenters. The van der Waals surface area contributed by atoms with Gasteiger partial charge in [0.2, 0.25) is 0 Å². The average molecular weight is 398 g/mol. The molecule has 0 saturated heterocycles. The summed E-state index contributed by atoms with van der Waals surface area (Å²) in [5.41, 5.74) is 7.74. The van der Waals surface area contributed by atoms with E-state index >= 15 is 0 Å². The number of fused-ring (bicyclic) bond motifs is 1. The molecule has 4 nitrogen and oxygen atoms in total. The first-order valence-corrected chi connectivity index (χ1v) is 10.1. The summed E-state index contributed by atoms with van der Waals surface area (Å²) in [5.74, 6) is 0.161. The van der Waals surface area contributed by atoms with Gasteiger partial charge in [0.15, 0.2) is 0 Å². The Labute approximate surface area is 172 Å². The number of carbonyl (C=O) groups is 1. The van der Waals surface area contributed by atoms with Crippen LogP contribution in [0.15, 0.2) is 41.5 Å². The number of amides is 1. The Kier molecular flexibility index (Phi) is 5.80. The number of hydrazone groups is 1. The van der Waals surface area contributed by atoms with Crippen LogP contribution in [0.5, 0.6) is 0 Å². The molecule has 1 aliphatic rings. The standard InChI is InChI=1S/C23H28ClN3O/c1-6-27-21-10-8-17(12-19(21)16(3)13-23(27,4)5)14-25-26-22(28)18-9-7-15(2)11-20(18)24/h7-12,14,16H,6,13H2,1-5H3,(H,26,28)/b25-14+. The lowest BCUT2D eigenvalue weighted by atomic mass is 9.79. The third-order valence-corrected chi connectivity index (χ3v) is 5.79. The van der Waals surface area contributed by atoms with Crippen molar-refractivity contribution in [2.45, 2.75) is 52.5 Å². The molecule has 0 radical (unpaired) electrons. The van der Waals surface area contributed by atoms with Crippen molar-refractivity contribution in [3.05, 3.63) is 63.7 Å². The fourth-order valence-electron chi connectivity index (χ4n) is 4.22. The van der Waals surface area contributed by atoms with E-state index in [0.717, 1.165) is 24.1 Å². The van der Waals surface area contributed by atoms with Crippen LogP contribution in [-0.2, 0) is 0 Å². The number of rotatable bonds is 4. The summed E-state index contributed by atoms with van der Waals surface area (Å²) in [4.78, 5) is 14.8. The molecule has 2 aromatic rings. The van der Waals surface area contributed by atoms with Crippen LogP contribution >= 0.6 is 11.6 Å². The van der Waals surface area contributed by atoms with E-state index in [-0.39, 0.29) is 11.4 Å². The van der Waals surface area contributed by atoms with Gasteiger partial charge in [0.05, 0.1) is 16.8 Å². The van der Waals surface area contributed by atoms with E-state index in [4.69, 9.17) is 11.6 Å². The average Bonchev–Trinajstić information content (AvgIpc) is 2.61. The van der Waals surface area contributed by atoms with Crippen LogP contribution in [0.3, 0.4) is 0 Å². The van der Waals surface area contributed by atoms with Crippen LogP contribution in [-0.4, -0.2) is 24.2 Å². The number of anilines is 1.